The Balaban J connectivity index is 2.33. The van der Waals surface area contributed by atoms with E-state index in [1.807, 2.05) is 6.07 Å². The molecule has 94 valence electrons. The molecule has 3 heteroatoms. The molecule has 0 fully saturated rings. The largest absolute Gasteiger partial charge is 0.497 e. The van der Waals surface area contributed by atoms with Gasteiger partial charge >= 0.3 is 0 Å². The smallest absolute Gasteiger partial charge is 0.119 e. The second-order valence-corrected chi connectivity index (χ2v) is 5.13. The summed E-state index contributed by atoms with van der Waals surface area (Å²) < 4.78 is 5.30. The highest BCUT2D eigenvalue weighted by atomic mass is 16.5. The van der Waals surface area contributed by atoms with Gasteiger partial charge in [0, 0.05) is 12.1 Å². The van der Waals surface area contributed by atoms with Crippen LogP contribution in [0.2, 0.25) is 0 Å². The van der Waals surface area contributed by atoms with Crippen molar-refractivity contribution in [2.24, 2.45) is 5.73 Å². The molecule has 0 saturated carbocycles. The molecule has 1 aromatic carbocycles. The molecular weight excluding hydrogens is 212 g/mol. The first-order valence-electron chi connectivity index (χ1n) is 6.14. The molecule has 0 spiro atoms. The number of likely N-dealkylation sites (N-methyl/N-ethyl adjacent to an activating group) is 1. The van der Waals surface area contributed by atoms with Gasteiger partial charge < -0.3 is 15.4 Å². The number of hydrogen-bond acceptors (Lipinski definition) is 3. The lowest BCUT2D eigenvalue weighted by Gasteiger charge is -2.43. The number of hydrogen-bond donors (Lipinski definition) is 1. The second kappa shape index (κ2) is 4.67. The summed E-state index contributed by atoms with van der Waals surface area (Å²) in [6.07, 6.45) is 3.26. The highest BCUT2D eigenvalue weighted by molar-refractivity contribution is 5.39. The molecule has 1 aliphatic carbocycles. The minimum absolute atomic E-state index is 0.110. The van der Waals surface area contributed by atoms with Crippen LogP contribution in [0.5, 0.6) is 5.75 Å². The van der Waals surface area contributed by atoms with Crippen LogP contribution in [-0.4, -0.2) is 38.2 Å². The number of benzene rings is 1. The molecule has 1 aromatic rings. The molecule has 0 radical (unpaired) electrons. The van der Waals surface area contributed by atoms with Gasteiger partial charge in [0.2, 0.25) is 0 Å². The number of aryl methyl sites for hydroxylation is 1. The zero-order chi connectivity index (χ0) is 12.5. The van der Waals surface area contributed by atoms with Gasteiger partial charge in [-0.15, -0.1) is 0 Å². The fraction of sp³-hybridized carbons (Fsp3) is 0.571. The number of ether oxygens (including phenoxy) is 1. The van der Waals surface area contributed by atoms with Crippen molar-refractivity contribution in [2.75, 3.05) is 27.7 Å². The van der Waals surface area contributed by atoms with E-state index in [0.717, 1.165) is 25.0 Å². The summed E-state index contributed by atoms with van der Waals surface area (Å²) in [5.41, 5.74) is 8.93. The highest BCUT2D eigenvalue weighted by Gasteiger charge is 2.35. The normalized spacial score (nSPS) is 23.6. The average Bonchev–Trinajstić information content (AvgIpc) is 2.37. The summed E-state index contributed by atoms with van der Waals surface area (Å²) in [7, 11) is 5.96. The highest BCUT2D eigenvalue weighted by Crippen LogP contribution is 2.33. The van der Waals surface area contributed by atoms with Gasteiger partial charge in [-0.3, -0.25) is 0 Å². The van der Waals surface area contributed by atoms with Gasteiger partial charge in [0.15, 0.2) is 0 Å². The maximum absolute atomic E-state index is 5.99. The van der Waals surface area contributed by atoms with Crippen LogP contribution in [0.4, 0.5) is 0 Å². The Morgan fingerprint density at radius 3 is 2.71 bits per heavy atom. The van der Waals surface area contributed by atoms with Gasteiger partial charge in [-0.1, -0.05) is 6.07 Å². The molecule has 2 rings (SSSR count). The van der Waals surface area contributed by atoms with Crippen molar-refractivity contribution in [3.8, 4) is 5.75 Å². The van der Waals surface area contributed by atoms with Crippen molar-refractivity contribution in [3.63, 3.8) is 0 Å². The van der Waals surface area contributed by atoms with E-state index in [2.05, 4.69) is 31.1 Å². The molecule has 0 aromatic heterocycles. The molecule has 1 aliphatic rings. The Labute approximate surface area is 104 Å². The van der Waals surface area contributed by atoms with E-state index in [-0.39, 0.29) is 5.54 Å². The van der Waals surface area contributed by atoms with Crippen LogP contribution >= 0.6 is 0 Å². The SMILES string of the molecule is COc1ccc2c(c1)CC(CN)(N(C)C)CC2. The third-order valence-electron chi connectivity index (χ3n) is 4.12. The number of methoxy groups -OCH3 is 1. The Morgan fingerprint density at radius 1 is 1.35 bits per heavy atom. The number of nitrogens with zero attached hydrogens (tertiary/aromatic N) is 1. The summed E-state index contributed by atoms with van der Waals surface area (Å²) in [6.45, 7) is 0.705. The second-order valence-electron chi connectivity index (χ2n) is 5.13. The van der Waals surface area contributed by atoms with E-state index in [1.165, 1.54) is 11.1 Å². The Hall–Kier alpha value is -1.06. The van der Waals surface area contributed by atoms with Gasteiger partial charge in [-0.25, -0.2) is 0 Å². The van der Waals surface area contributed by atoms with Crippen molar-refractivity contribution < 1.29 is 4.74 Å². The quantitative estimate of drug-likeness (QED) is 0.860. The van der Waals surface area contributed by atoms with Crippen LogP contribution < -0.4 is 10.5 Å². The van der Waals surface area contributed by atoms with Crippen LogP contribution in [0.15, 0.2) is 18.2 Å². The third-order valence-corrected chi connectivity index (χ3v) is 4.12. The number of fused-ring (bicyclic) bond motifs is 1. The maximum atomic E-state index is 5.99. The monoisotopic (exact) mass is 234 g/mol. The fourth-order valence-electron chi connectivity index (χ4n) is 2.69. The summed E-state index contributed by atoms with van der Waals surface area (Å²) in [6, 6.07) is 6.39. The molecule has 0 bridgehead atoms. The minimum atomic E-state index is 0.110. The first-order chi connectivity index (χ1) is 8.11. The first kappa shape index (κ1) is 12.4. The molecule has 17 heavy (non-hydrogen) atoms. The third kappa shape index (κ3) is 2.17. The van der Waals surface area contributed by atoms with E-state index in [4.69, 9.17) is 10.5 Å². The predicted molar refractivity (Wildman–Crippen MR) is 70.5 cm³/mol. The van der Waals surface area contributed by atoms with Crippen molar-refractivity contribution in [1.29, 1.82) is 0 Å². The van der Waals surface area contributed by atoms with Crippen LogP contribution in [0, 0.1) is 0 Å². The van der Waals surface area contributed by atoms with E-state index >= 15 is 0 Å². The molecule has 1 unspecified atom stereocenters. The molecule has 1 atom stereocenters. The fourth-order valence-corrected chi connectivity index (χ4v) is 2.69. The van der Waals surface area contributed by atoms with Gasteiger partial charge in [0.25, 0.3) is 0 Å². The molecule has 0 amide bonds. The lowest BCUT2D eigenvalue weighted by atomic mass is 9.77. The number of rotatable bonds is 3. The molecule has 3 nitrogen and oxygen atoms in total. The lowest BCUT2D eigenvalue weighted by Crippen LogP contribution is -2.53. The van der Waals surface area contributed by atoms with Crippen LogP contribution in [0.1, 0.15) is 17.5 Å². The zero-order valence-electron chi connectivity index (χ0n) is 11.0. The minimum Gasteiger partial charge on any atom is -0.497 e. The predicted octanol–water partition coefficient (Wildman–Crippen LogP) is 1.44. The van der Waals surface area contributed by atoms with Crippen molar-refractivity contribution in [2.45, 2.75) is 24.8 Å². The van der Waals surface area contributed by atoms with Crippen molar-refractivity contribution >= 4 is 0 Å². The zero-order valence-corrected chi connectivity index (χ0v) is 11.0. The van der Waals surface area contributed by atoms with Crippen LogP contribution in [0.3, 0.4) is 0 Å². The van der Waals surface area contributed by atoms with Gasteiger partial charge in [0.05, 0.1) is 7.11 Å². The first-order valence-corrected chi connectivity index (χ1v) is 6.14. The van der Waals surface area contributed by atoms with Crippen molar-refractivity contribution in [3.05, 3.63) is 29.3 Å². The van der Waals surface area contributed by atoms with Gasteiger partial charge in [0.1, 0.15) is 5.75 Å². The molecule has 0 heterocycles. The summed E-state index contributed by atoms with van der Waals surface area (Å²) in [5.74, 6) is 0.940. The van der Waals surface area contributed by atoms with Crippen LogP contribution in [-0.2, 0) is 12.8 Å². The van der Waals surface area contributed by atoms with E-state index in [1.54, 1.807) is 7.11 Å². The van der Waals surface area contributed by atoms with E-state index in [0.29, 0.717) is 6.54 Å². The number of nitrogens with two attached hydrogens (primary N) is 1. The molecule has 0 saturated heterocycles. The Morgan fingerprint density at radius 2 is 2.12 bits per heavy atom. The van der Waals surface area contributed by atoms with E-state index < -0.39 is 0 Å². The molecule has 0 aliphatic heterocycles. The van der Waals surface area contributed by atoms with Gasteiger partial charge in [-0.2, -0.15) is 0 Å². The van der Waals surface area contributed by atoms with Gasteiger partial charge in [-0.05, 0) is 56.6 Å². The lowest BCUT2D eigenvalue weighted by molar-refractivity contribution is 0.139. The summed E-state index contributed by atoms with van der Waals surface area (Å²) >= 11 is 0. The van der Waals surface area contributed by atoms with E-state index in [9.17, 15) is 0 Å². The topological polar surface area (TPSA) is 38.5 Å². The Bertz CT molecular complexity index is 403. The average molecular weight is 234 g/mol. The maximum Gasteiger partial charge on any atom is 0.119 e. The Kier molecular flexibility index (Phi) is 3.40. The summed E-state index contributed by atoms with van der Waals surface area (Å²) in [4.78, 5) is 2.27. The van der Waals surface area contributed by atoms with Crippen molar-refractivity contribution in [1.82, 2.24) is 4.90 Å². The van der Waals surface area contributed by atoms with Crippen LogP contribution in [0.25, 0.3) is 0 Å². The molecular formula is C14H22N2O. The summed E-state index contributed by atoms with van der Waals surface area (Å²) in [5, 5.41) is 0. The molecule has 2 N–H and O–H groups in total. The standard InChI is InChI=1S/C14H22N2O/c1-16(2)14(10-15)7-6-11-4-5-13(17-3)8-12(11)9-14/h4-5,8H,6-7,9-10,15H2,1-3H3.